The van der Waals surface area contributed by atoms with Crippen LogP contribution in [0.4, 0.5) is 11.5 Å². The van der Waals surface area contributed by atoms with Crippen LogP contribution in [0, 0.1) is 0 Å². The third-order valence-corrected chi connectivity index (χ3v) is 3.56. The molecule has 1 aromatic heterocycles. The van der Waals surface area contributed by atoms with E-state index in [1.54, 1.807) is 0 Å². The van der Waals surface area contributed by atoms with Crippen molar-refractivity contribution in [1.29, 1.82) is 0 Å². The molecule has 1 N–H and O–H groups in total. The van der Waals surface area contributed by atoms with Crippen molar-refractivity contribution in [2.75, 3.05) is 11.9 Å². The largest absolute Gasteiger partial charge is 0.329 e. The number of nitrogens with one attached hydrogen (secondary N) is 1. The molecule has 0 bridgehead atoms. The third kappa shape index (κ3) is 4.30. The highest BCUT2D eigenvalue weighted by molar-refractivity contribution is 5.59. The molecular formula is C18H25N3. The van der Waals surface area contributed by atoms with Crippen LogP contribution in [-0.2, 0) is 13.0 Å². The molecule has 0 fully saturated rings. The van der Waals surface area contributed by atoms with Crippen LogP contribution in [0.1, 0.15) is 32.0 Å². The lowest BCUT2D eigenvalue weighted by molar-refractivity contribution is 0.581. The summed E-state index contributed by atoms with van der Waals surface area (Å²) >= 11 is 0. The molecule has 2 rings (SSSR count). The molecule has 0 atom stereocenters. The number of nitrogens with zero attached hydrogens (tertiary/aromatic N) is 2. The minimum absolute atomic E-state index is 0.467. The monoisotopic (exact) mass is 283 g/mol. The molecule has 0 unspecified atom stereocenters. The van der Waals surface area contributed by atoms with Crippen molar-refractivity contribution in [2.45, 2.75) is 39.8 Å². The molecule has 21 heavy (non-hydrogen) atoms. The number of hydrogen-bond donors (Lipinski definition) is 1. The average Bonchev–Trinajstić information content (AvgIpc) is 2.52. The summed E-state index contributed by atoms with van der Waals surface area (Å²) in [6.07, 6.45) is 1.07. The van der Waals surface area contributed by atoms with Gasteiger partial charge in [0.25, 0.3) is 0 Å². The van der Waals surface area contributed by atoms with E-state index in [9.17, 15) is 0 Å². The van der Waals surface area contributed by atoms with Gasteiger partial charge < -0.3 is 10.2 Å². The van der Waals surface area contributed by atoms with Crippen LogP contribution in [0.2, 0.25) is 0 Å². The predicted molar refractivity (Wildman–Crippen MR) is 90.1 cm³/mol. The van der Waals surface area contributed by atoms with Gasteiger partial charge in [0, 0.05) is 25.3 Å². The first-order valence-electron chi connectivity index (χ1n) is 7.62. The Labute approximate surface area is 128 Å². The fourth-order valence-corrected chi connectivity index (χ4v) is 2.15. The number of aromatic nitrogens is 1. The van der Waals surface area contributed by atoms with E-state index in [1.807, 2.05) is 6.07 Å². The Morgan fingerprint density at radius 1 is 1.10 bits per heavy atom. The normalized spacial score (nSPS) is 10.9. The Hall–Kier alpha value is -1.87. The number of pyridine rings is 1. The number of hydrogen-bond acceptors (Lipinski definition) is 3. The van der Waals surface area contributed by atoms with Gasteiger partial charge in [-0.2, -0.15) is 0 Å². The van der Waals surface area contributed by atoms with E-state index < -0.39 is 0 Å². The molecule has 3 heteroatoms. The summed E-state index contributed by atoms with van der Waals surface area (Å²) < 4.78 is 0. The van der Waals surface area contributed by atoms with E-state index in [-0.39, 0.29) is 0 Å². The topological polar surface area (TPSA) is 28.2 Å². The third-order valence-electron chi connectivity index (χ3n) is 3.56. The van der Waals surface area contributed by atoms with Crippen LogP contribution in [0.3, 0.4) is 0 Å². The molecule has 112 valence electrons. The Bertz CT molecular complexity index is 561. The SMILES string of the molecule is CCc1ccc(N(C)c2cccc(CNC(C)C)n2)cc1. The van der Waals surface area contributed by atoms with Crippen molar-refractivity contribution < 1.29 is 0 Å². The van der Waals surface area contributed by atoms with Crippen LogP contribution >= 0.6 is 0 Å². The number of benzene rings is 1. The first-order valence-corrected chi connectivity index (χ1v) is 7.62. The minimum Gasteiger partial charge on any atom is -0.329 e. The molecule has 0 aliphatic carbocycles. The second kappa shape index (κ2) is 7.23. The van der Waals surface area contributed by atoms with Crippen molar-refractivity contribution in [3.63, 3.8) is 0 Å². The van der Waals surface area contributed by atoms with Crippen LogP contribution in [0.25, 0.3) is 0 Å². The Morgan fingerprint density at radius 3 is 2.43 bits per heavy atom. The summed E-state index contributed by atoms with van der Waals surface area (Å²) in [7, 11) is 2.06. The lowest BCUT2D eigenvalue weighted by Gasteiger charge is -2.19. The van der Waals surface area contributed by atoms with Crippen LogP contribution < -0.4 is 10.2 Å². The number of aryl methyl sites for hydroxylation is 1. The van der Waals surface area contributed by atoms with Gasteiger partial charge in [0.2, 0.25) is 0 Å². The first kappa shape index (κ1) is 15.5. The van der Waals surface area contributed by atoms with Crippen LogP contribution in [0.5, 0.6) is 0 Å². The van der Waals surface area contributed by atoms with E-state index in [0.29, 0.717) is 6.04 Å². The summed E-state index contributed by atoms with van der Waals surface area (Å²) in [6.45, 7) is 7.26. The number of anilines is 2. The second-order valence-corrected chi connectivity index (χ2v) is 5.60. The molecule has 1 aromatic carbocycles. The molecule has 1 heterocycles. The Kier molecular flexibility index (Phi) is 5.34. The molecule has 2 aromatic rings. The maximum absolute atomic E-state index is 4.73. The van der Waals surface area contributed by atoms with Gasteiger partial charge in [-0.15, -0.1) is 0 Å². The van der Waals surface area contributed by atoms with Crippen molar-refractivity contribution >= 4 is 11.5 Å². The van der Waals surface area contributed by atoms with E-state index in [0.717, 1.165) is 30.2 Å². The zero-order chi connectivity index (χ0) is 15.2. The highest BCUT2D eigenvalue weighted by Gasteiger charge is 2.06. The summed E-state index contributed by atoms with van der Waals surface area (Å²) in [5, 5.41) is 3.40. The summed E-state index contributed by atoms with van der Waals surface area (Å²) in [4.78, 5) is 6.85. The fraction of sp³-hybridized carbons (Fsp3) is 0.389. The van der Waals surface area contributed by atoms with Gasteiger partial charge in [-0.1, -0.05) is 39.0 Å². The quantitative estimate of drug-likeness (QED) is 0.871. The van der Waals surface area contributed by atoms with Gasteiger partial charge in [0.15, 0.2) is 0 Å². The first-order chi connectivity index (χ1) is 10.1. The van der Waals surface area contributed by atoms with Crippen LogP contribution in [0.15, 0.2) is 42.5 Å². The molecule has 0 aliphatic heterocycles. The highest BCUT2D eigenvalue weighted by Crippen LogP contribution is 2.22. The molecule has 3 nitrogen and oxygen atoms in total. The van der Waals surface area contributed by atoms with E-state index >= 15 is 0 Å². The van der Waals surface area contributed by atoms with Crippen molar-refractivity contribution in [3.8, 4) is 0 Å². The predicted octanol–water partition coefficient (Wildman–Crippen LogP) is 3.91. The highest BCUT2D eigenvalue weighted by atomic mass is 15.2. The van der Waals surface area contributed by atoms with E-state index in [2.05, 4.69) is 74.4 Å². The second-order valence-electron chi connectivity index (χ2n) is 5.60. The fourth-order valence-electron chi connectivity index (χ4n) is 2.15. The van der Waals surface area contributed by atoms with Gasteiger partial charge in [-0.3, -0.25) is 0 Å². The van der Waals surface area contributed by atoms with Crippen molar-refractivity contribution in [2.24, 2.45) is 0 Å². The van der Waals surface area contributed by atoms with Crippen LogP contribution in [-0.4, -0.2) is 18.1 Å². The van der Waals surface area contributed by atoms with Gasteiger partial charge in [-0.05, 0) is 36.2 Å². The van der Waals surface area contributed by atoms with E-state index in [4.69, 9.17) is 4.98 Å². The average molecular weight is 283 g/mol. The number of rotatable bonds is 6. The van der Waals surface area contributed by atoms with Crippen molar-refractivity contribution in [3.05, 3.63) is 53.7 Å². The smallest absolute Gasteiger partial charge is 0.133 e. The molecule has 0 aliphatic rings. The standard InChI is InChI=1S/C18H25N3/c1-5-15-9-11-17(12-10-15)21(4)18-8-6-7-16(20-18)13-19-14(2)3/h6-12,14,19H,5,13H2,1-4H3. The van der Waals surface area contributed by atoms with Gasteiger partial charge in [0.1, 0.15) is 5.82 Å². The lowest BCUT2D eigenvalue weighted by Crippen LogP contribution is -2.22. The molecule has 0 amide bonds. The van der Waals surface area contributed by atoms with Gasteiger partial charge in [0.05, 0.1) is 5.69 Å². The summed E-state index contributed by atoms with van der Waals surface area (Å²) in [5.41, 5.74) is 3.59. The zero-order valence-electron chi connectivity index (χ0n) is 13.4. The lowest BCUT2D eigenvalue weighted by atomic mass is 10.1. The van der Waals surface area contributed by atoms with Gasteiger partial charge in [-0.25, -0.2) is 4.98 Å². The summed E-state index contributed by atoms with van der Waals surface area (Å²) in [5.74, 6) is 0.974. The zero-order valence-corrected chi connectivity index (χ0v) is 13.4. The van der Waals surface area contributed by atoms with Gasteiger partial charge >= 0.3 is 0 Å². The summed E-state index contributed by atoms with van der Waals surface area (Å²) in [6, 6.07) is 15.3. The molecular weight excluding hydrogens is 258 g/mol. The molecule has 0 radical (unpaired) electrons. The maximum atomic E-state index is 4.73. The molecule has 0 spiro atoms. The molecule has 0 saturated heterocycles. The van der Waals surface area contributed by atoms with Crippen molar-refractivity contribution in [1.82, 2.24) is 10.3 Å². The minimum atomic E-state index is 0.467. The van der Waals surface area contributed by atoms with E-state index in [1.165, 1.54) is 5.56 Å². The maximum Gasteiger partial charge on any atom is 0.133 e. The Morgan fingerprint density at radius 2 is 1.81 bits per heavy atom. The Balaban J connectivity index is 2.14. The molecule has 0 saturated carbocycles.